The van der Waals surface area contributed by atoms with Gasteiger partial charge in [-0.3, -0.25) is 15.0 Å². The Labute approximate surface area is 250 Å². The first kappa shape index (κ1) is 32.2. The molecule has 0 saturated heterocycles. The summed E-state index contributed by atoms with van der Waals surface area (Å²) in [5, 5.41) is 31.3. The highest BCUT2D eigenvalue weighted by molar-refractivity contribution is 5.95. The maximum atomic E-state index is 13.7. The number of nitrogen functional groups attached to an aromatic ring is 1. The first-order valence-electron chi connectivity index (χ1n) is 13.4. The number of benzene rings is 4. The van der Waals surface area contributed by atoms with Gasteiger partial charge in [0, 0.05) is 18.2 Å². The highest BCUT2D eigenvalue weighted by Crippen LogP contribution is 2.33. The van der Waals surface area contributed by atoms with Crippen LogP contribution in [0.15, 0.2) is 103 Å². The van der Waals surface area contributed by atoms with Crippen molar-refractivity contribution in [3.63, 3.8) is 0 Å². The van der Waals surface area contributed by atoms with Crippen LogP contribution in [0.25, 0.3) is 0 Å². The van der Waals surface area contributed by atoms with Crippen LogP contribution in [0.5, 0.6) is 11.5 Å². The van der Waals surface area contributed by atoms with E-state index in [1.807, 2.05) is 60.7 Å². The van der Waals surface area contributed by atoms with Crippen molar-refractivity contribution < 1.29 is 29.3 Å². The summed E-state index contributed by atoms with van der Waals surface area (Å²) in [6.45, 7) is 1.20. The number of carbonyl (C=O) groups is 2. The summed E-state index contributed by atoms with van der Waals surface area (Å²) in [7, 11) is 1.55. The molecular formula is C33H36N4O6. The first-order chi connectivity index (χ1) is 20.7. The van der Waals surface area contributed by atoms with Gasteiger partial charge in [-0.25, -0.2) is 0 Å². The van der Waals surface area contributed by atoms with Gasteiger partial charge in [0.1, 0.15) is 18.5 Å². The van der Waals surface area contributed by atoms with E-state index in [0.717, 1.165) is 18.1 Å². The van der Waals surface area contributed by atoms with Crippen molar-refractivity contribution in [3.05, 3.63) is 125 Å². The molecule has 0 spiro atoms. The predicted octanol–water partition coefficient (Wildman–Crippen LogP) is 4.65. The molecule has 4 aromatic rings. The van der Waals surface area contributed by atoms with Gasteiger partial charge in [-0.2, -0.15) is 0 Å². The summed E-state index contributed by atoms with van der Waals surface area (Å²) in [5.74, 6) is -0.182. The van der Waals surface area contributed by atoms with Crippen molar-refractivity contribution in [1.82, 2.24) is 5.32 Å². The van der Waals surface area contributed by atoms with Gasteiger partial charge >= 0.3 is 0 Å². The van der Waals surface area contributed by atoms with Crippen LogP contribution in [0.4, 0.5) is 5.69 Å². The highest BCUT2D eigenvalue weighted by atomic mass is 16.5. The van der Waals surface area contributed by atoms with E-state index >= 15 is 0 Å². The van der Waals surface area contributed by atoms with Crippen molar-refractivity contribution in [3.8, 4) is 11.5 Å². The standard InChI is InChI=1S/C31H32N4O4.C2H4O2/c1-38-28-18-24(14-17-27(28)39-20-21-8-4-2-5-9-21)29(34-25-15-12-23(13-16-25)30(32)33)31(37)35-26(19-36)22-10-6-3-7-11-22;1-2(3)4/h2-18,26,29,34,36H,19-20H2,1H3,(H3,32,33)(H,35,37);1H3,(H,3,4)/t26-,29-;/m1./s1. The molecule has 43 heavy (non-hydrogen) atoms. The zero-order valence-electron chi connectivity index (χ0n) is 24.0. The zero-order valence-corrected chi connectivity index (χ0v) is 24.0. The van der Waals surface area contributed by atoms with Crippen molar-refractivity contribution in [2.75, 3.05) is 19.0 Å². The maximum Gasteiger partial charge on any atom is 0.300 e. The Hall–Kier alpha value is -5.35. The summed E-state index contributed by atoms with van der Waals surface area (Å²) in [6.07, 6.45) is 0. The number of methoxy groups -OCH3 is 1. The van der Waals surface area contributed by atoms with Gasteiger partial charge in [0.2, 0.25) is 5.91 Å². The molecule has 0 aliphatic rings. The molecule has 0 saturated carbocycles. The minimum absolute atomic E-state index is 0.0414. The van der Waals surface area contributed by atoms with Gasteiger partial charge in [0.15, 0.2) is 11.5 Å². The summed E-state index contributed by atoms with van der Waals surface area (Å²) >= 11 is 0. The van der Waals surface area contributed by atoms with E-state index in [1.54, 1.807) is 49.6 Å². The number of carboxylic acid groups (broad SMARTS) is 1. The number of amides is 1. The van der Waals surface area contributed by atoms with E-state index in [9.17, 15) is 9.90 Å². The molecule has 2 atom stereocenters. The van der Waals surface area contributed by atoms with E-state index < -0.39 is 18.1 Å². The fourth-order valence-electron chi connectivity index (χ4n) is 4.11. The molecule has 0 aromatic heterocycles. The number of aliphatic carboxylic acids is 1. The predicted molar refractivity (Wildman–Crippen MR) is 165 cm³/mol. The minimum Gasteiger partial charge on any atom is -0.493 e. The van der Waals surface area contributed by atoms with Crippen LogP contribution in [0.3, 0.4) is 0 Å². The molecule has 0 bridgehead atoms. The van der Waals surface area contributed by atoms with Crippen molar-refractivity contribution in [2.24, 2.45) is 5.73 Å². The Balaban J connectivity index is 0.00000119. The van der Waals surface area contributed by atoms with Gasteiger partial charge in [-0.15, -0.1) is 0 Å². The summed E-state index contributed by atoms with van der Waals surface area (Å²) < 4.78 is 11.6. The van der Waals surface area contributed by atoms with Crippen LogP contribution in [-0.4, -0.2) is 41.6 Å². The molecule has 10 nitrogen and oxygen atoms in total. The SMILES string of the molecule is CC(=O)O.COc1cc([C@@H](Nc2ccc(C(=N)N)cc2)C(=O)N[C@H](CO)c2ccccc2)ccc1OCc1ccccc1. The lowest BCUT2D eigenvalue weighted by molar-refractivity contribution is -0.134. The Bertz CT molecular complexity index is 1480. The second-order valence-corrected chi connectivity index (χ2v) is 9.43. The van der Waals surface area contributed by atoms with Crippen LogP contribution in [0.2, 0.25) is 0 Å². The molecule has 4 rings (SSSR count). The molecule has 0 aliphatic heterocycles. The second kappa shape index (κ2) is 16.2. The number of ether oxygens (including phenoxy) is 2. The van der Waals surface area contributed by atoms with Crippen LogP contribution in [-0.2, 0) is 16.2 Å². The van der Waals surface area contributed by atoms with E-state index in [2.05, 4.69) is 10.6 Å². The number of aliphatic hydroxyl groups is 1. The van der Waals surface area contributed by atoms with Crippen molar-refractivity contribution in [1.29, 1.82) is 5.41 Å². The third-order valence-corrected chi connectivity index (χ3v) is 6.23. The van der Waals surface area contributed by atoms with Crippen LogP contribution in [0, 0.1) is 5.41 Å². The molecule has 0 heterocycles. The molecule has 7 N–H and O–H groups in total. The number of aliphatic hydroxyl groups excluding tert-OH is 1. The number of carbonyl (C=O) groups excluding carboxylic acids is 1. The third kappa shape index (κ3) is 9.91. The van der Waals surface area contributed by atoms with Crippen LogP contribution >= 0.6 is 0 Å². The van der Waals surface area contributed by atoms with Gasteiger partial charge in [-0.1, -0.05) is 66.7 Å². The van der Waals surface area contributed by atoms with E-state index in [1.165, 1.54) is 0 Å². The minimum atomic E-state index is -0.833. The highest BCUT2D eigenvalue weighted by Gasteiger charge is 2.25. The molecule has 0 fully saturated rings. The Kier molecular flexibility index (Phi) is 12.1. The van der Waals surface area contributed by atoms with Crippen LogP contribution < -0.4 is 25.8 Å². The fourth-order valence-corrected chi connectivity index (χ4v) is 4.11. The molecular weight excluding hydrogens is 548 g/mol. The van der Waals surface area contributed by atoms with E-state index in [0.29, 0.717) is 34.9 Å². The molecule has 10 heteroatoms. The van der Waals surface area contributed by atoms with Gasteiger partial charge in [0.25, 0.3) is 5.97 Å². The lowest BCUT2D eigenvalue weighted by atomic mass is 10.0. The number of amidine groups is 1. The lowest BCUT2D eigenvalue weighted by Crippen LogP contribution is -2.37. The molecule has 0 unspecified atom stereocenters. The van der Waals surface area contributed by atoms with E-state index in [4.69, 9.17) is 30.5 Å². The largest absolute Gasteiger partial charge is 0.493 e. The Morgan fingerprint density at radius 1 is 0.884 bits per heavy atom. The topological polar surface area (TPSA) is 167 Å². The molecule has 0 aliphatic carbocycles. The average Bonchev–Trinajstić information content (AvgIpc) is 3.02. The number of nitrogens with two attached hydrogens (primary N) is 1. The first-order valence-corrected chi connectivity index (χ1v) is 13.4. The van der Waals surface area contributed by atoms with Crippen molar-refractivity contribution in [2.45, 2.75) is 25.6 Å². The number of rotatable bonds is 12. The smallest absolute Gasteiger partial charge is 0.300 e. The molecule has 1 amide bonds. The van der Waals surface area contributed by atoms with Crippen LogP contribution in [0.1, 0.15) is 41.3 Å². The Morgan fingerprint density at radius 3 is 2.05 bits per heavy atom. The van der Waals surface area contributed by atoms with E-state index in [-0.39, 0.29) is 18.3 Å². The Morgan fingerprint density at radius 2 is 1.49 bits per heavy atom. The lowest BCUT2D eigenvalue weighted by Gasteiger charge is -2.24. The normalized spacial score (nSPS) is 11.6. The van der Waals surface area contributed by atoms with Crippen molar-refractivity contribution >= 4 is 23.4 Å². The maximum absolute atomic E-state index is 13.7. The summed E-state index contributed by atoms with van der Waals surface area (Å²) in [5.41, 5.74) is 9.27. The summed E-state index contributed by atoms with van der Waals surface area (Å²) in [4.78, 5) is 22.7. The van der Waals surface area contributed by atoms with Gasteiger partial charge in [0.05, 0.1) is 19.8 Å². The molecule has 0 radical (unpaired) electrons. The molecule has 4 aromatic carbocycles. The quantitative estimate of drug-likeness (QED) is 0.103. The number of carboxylic acids is 1. The number of hydrogen-bond donors (Lipinski definition) is 6. The average molecular weight is 585 g/mol. The molecule has 224 valence electrons. The number of anilines is 1. The number of nitrogens with one attached hydrogen (secondary N) is 3. The monoisotopic (exact) mass is 584 g/mol. The fraction of sp³-hybridized carbons (Fsp3) is 0.182. The number of hydrogen-bond acceptors (Lipinski definition) is 7. The van der Waals surface area contributed by atoms with Gasteiger partial charge < -0.3 is 36.1 Å². The summed E-state index contributed by atoms with van der Waals surface area (Å²) in [6, 6.07) is 30.0. The third-order valence-electron chi connectivity index (χ3n) is 6.23. The van der Waals surface area contributed by atoms with Gasteiger partial charge in [-0.05, 0) is 53.1 Å². The second-order valence-electron chi connectivity index (χ2n) is 9.43. The zero-order chi connectivity index (χ0) is 31.2.